The Balaban J connectivity index is 1.59. The van der Waals surface area contributed by atoms with Gasteiger partial charge in [0, 0.05) is 10.2 Å². The molecule has 0 fully saturated rings. The molecule has 1 N–H and O–H groups in total. The third kappa shape index (κ3) is 4.52. The van der Waals surface area contributed by atoms with Crippen LogP contribution in [0.1, 0.15) is 22.8 Å². The lowest BCUT2D eigenvalue weighted by atomic mass is 10.1. The Morgan fingerprint density at radius 3 is 2.75 bits per heavy atom. The van der Waals surface area contributed by atoms with Gasteiger partial charge in [-0.25, -0.2) is 0 Å². The lowest BCUT2D eigenvalue weighted by Crippen LogP contribution is -2.15. The van der Waals surface area contributed by atoms with Crippen molar-refractivity contribution in [3.05, 3.63) is 75.8 Å². The Labute approximate surface area is 148 Å². The Kier molecular flexibility index (Phi) is 5.05. The van der Waals surface area contributed by atoms with E-state index in [0.29, 0.717) is 18.1 Å². The van der Waals surface area contributed by atoms with Crippen LogP contribution in [0.5, 0.6) is 0 Å². The third-order valence-electron chi connectivity index (χ3n) is 3.41. The Bertz CT molecular complexity index is 843. The first-order valence-corrected chi connectivity index (χ1v) is 8.30. The molecule has 1 heterocycles. The minimum absolute atomic E-state index is 0.0792. The zero-order valence-corrected chi connectivity index (χ0v) is 14.7. The normalized spacial score (nSPS) is 10.6. The molecule has 0 aliphatic carbocycles. The highest BCUT2D eigenvalue weighted by Gasteiger charge is 2.12. The minimum atomic E-state index is -0.173. The van der Waals surface area contributed by atoms with Gasteiger partial charge >= 0.3 is 0 Å². The van der Waals surface area contributed by atoms with Crippen LogP contribution in [-0.4, -0.2) is 16.0 Å². The number of benzene rings is 2. The van der Waals surface area contributed by atoms with Crippen LogP contribution in [0.4, 0.5) is 5.69 Å². The van der Waals surface area contributed by atoms with Crippen molar-refractivity contribution < 1.29 is 9.32 Å². The van der Waals surface area contributed by atoms with E-state index in [1.165, 1.54) is 0 Å². The number of aryl methyl sites for hydroxylation is 1. The van der Waals surface area contributed by atoms with Crippen molar-refractivity contribution in [1.82, 2.24) is 10.1 Å². The summed E-state index contributed by atoms with van der Waals surface area (Å²) in [7, 11) is 0. The van der Waals surface area contributed by atoms with Gasteiger partial charge in [0.2, 0.25) is 11.8 Å². The van der Waals surface area contributed by atoms with Crippen LogP contribution >= 0.6 is 15.9 Å². The van der Waals surface area contributed by atoms with Gasteiger partial charge in [-0.2, -0.15) is 4.98 Å². The van der Waals surface area contributed by atoms with Crippen molar-refractivity contribution in [2.75, 3.05) is 5.32 Å². The topological polar surface area (TPSA) is 68.0 Å². The van der Waals surface area contributed by atoms with Gasteiger partial charge < -0.3 is 9.84 Å². The fraction of sp³-hybridized carbons (Fsp3) is 0.167. The van der Waals surface area contributed by atoms with E-state index in [9.17, 15) is 4.79 Å². The summed E-state index contributed by atoms with van der Waals surface area (Å²) in [6, 6.07) is 15.5. The van der Waals surface area contributed by atoms with Gasteiger partial charge in [-0.3, -0.25) is 4.79 Å². The van der Waals surface area contributed by atoms with E-state index in [1.54, 1.807) is 0 Å². The van der Waals surface area contributed by atoms with Crippen molar-refractivity contribution in [1.29, 1.82) is 0 Å². The summed E-state index contributed by atoms with van der Waals surface area (Å²) in [5, 5.41) is 6.69. The van der Waals surface area contributed by atoms with Crippen molar-refractivity contribution in [2.45, 2.75) is 19.8 Å². The molecular weight excluding hydrogens is 370 g/mol. The number of rotatable bonds is 5. The predicted molar refractivity (Wildman–Crippen MR) is 94.8 cm³/mol. The number of aromatic nitrogens is 2. The number of nitrogens with one attached hydrogen (secondary N) is 1. The number of halogens is 1. The van der Waals surface area contributed by atoms with E-state index < -0.39 is 0 Å². The van der Waals surface area contributed by atoms with Gasteiger partial charge in [0.05, 0.1) is 12.8 Å². The second-order valence-corrected chi connectivity index (χ2v) is 6.42. The summed E-state index contributed by atoms with van der Waals surface area (Å²) < 4.78 is 6.22. The van der Waals surface area contributed by atoms with E-state index in [0.717, 1.165) is 21.3 Å². The number of nitrogens with zero attached hydrogens (tertiary/aromatic N) is 2. The molecule has 0 radical (unpaired) electrons. The summed E-state index contributed by atoms with van der Waals surface area (Å²) in [5.41, 5.74) is 2.95. The fourth-order valence-electron chi connectivity index (χ4n) is 2.24. The molecule has 0 unspecified atom stereocenters. The highest BCUT2D eigenvalue weighted by atomic mass is 79.9. The first-order chi connectivity index (χ1) is 11.6. The van der Waals surface area contributed by atoms with Gasteiger partial charge in [-0.05, 0) is 36.8 Å². The lowest BCUT2D eigenvalue weighted by molar-refractivity contribution is -0.115. The Morgan fingerprint density at radius 1 is 1.21 bits per heavy atom. The highest BCUT2D eigenvalue weighted by molar-refractivity contribution is 9.10. The molecule has 6 heteroatoms. The maximum absolute atomic E-state index is 12.0. The molecular formula is C18H16BrN3O2. The fourth-order valence-corrected chi connectivity index (χ4v) is 2.69. The molecule has 0 aliphatic heterocycles. The molecule has 0 saturated heterocycles. The van der Waals surface area contributed by atoms with Crippen molar-refractivity contribution in [3.63, 3.8) is 0 Å². The van der Waals surface area contributed by atoms with Crippen LogP contribution in [-0.2, 0) is 17.6 Å². The van der Waals surface area contributed by atoms with Crippen LogP contribution in [0.2, 0.25) is 0 Å². The summed E-state index contributed by atoms with van der Waals surface area (Å²) >= 11 is 3.43. The van der Waals surface area contributed by atoms with Crippen molar-refractivity contribution >= 4 is 27.5 Å². The zero-order valence-electron chi connectivity index (χ0n) is 13.1. The van der Waals surface area contributed by atoms with Gasteiger partial charge in [0.25, 0.3) is 0 Å². The van der Waals surface area contributed by atoms with Gasteiger partial charge in [-0.1, -0.05) is 50.9 Å². The molecule has 0 aliphatic rings. The second kappa shape index (κ2) is 7.40. The van der Waals surface area contributed by atoms with Crippen molar-refractivity contribution in [3.8, 4) is 0 Å². The van der Waals surface area contributed by atoms with Crippen LogP contribution in [0, 0.1) is 6.92 Å². The molecule has 122 valence electrons. The number of anilines is 1. The molecule has 0 saturated carbocycles. The molecule has 3 rings (SSSR count). The molecule has 2 aromatic carbocycles. The second-order valence-electron chi connectivity index (χ2n) is 5.50. The number of hydrogen-bond donors (Lipinski definition) is 1. The average Bonchev–Trinajstić information content (AvgIpc) is 2.96. The average molecular weight is 386 g/mol. The monoisotopic (exact) mass is 385 g/mol. The number of carbonyl (C=O) groups is 1. The molecule has 1 aromatic heterocycles. The van der Waals surface area contributed by atoms with Crippen LogP contribution < -0.4 is 5.32 Å². The number of amides is 1. The Hall–Kier alpha value is -2.47. The summed E-state index contributed by atoms with van der Waals surface area (Å²) in [4.78, 5) is 16.3. The zero-order chi connectivity index (χ0) is 16.9. The van der Waals surface area contributed by atoms with E-state index in [4.69, 9.17) is 4.52 Å². The smallest absolute Gasteiger partial charge is 0.232 e. The van der Waals surface area contributed by atoms with Gasteiger partial charge in [0.1, 0.15) is 0 Å². The van der Waals surface area contributed by atoms with E-state index in [1.807, 2.05) is 55.5 Å². The molecule has 0 spiro atoms. The molecule has 24 heavy (non-hydrogen) atoms. The van der Waals surface area contributed by atoms with Crippen molar-refractivity contribution in [2.24, 2.45) is 0 Å². The van der Waals surface area contributed by atoms with Gasteiger partial charge in [0.15, 0.2) is 5.82 Å². The van der Waals surface area contributed by atoms with Crippen LogP contribution in [0.15, 0.2) is 57.5 Å². The molecule has 0 atom stereocenters. The largest absolute Gasteiger partial charge is 0.339 e. The van der Waals surface area contributed by atoms with Gasteiger partial charge in [-0.15, -0.1) is 0 Å². The minimum Gasteiger partial charge on any atom is -0.339 e. The summed E-state index contributed by atoms with van der Waals surface area (Å²) in [5.74, 6) is 0.699. The maximum atomic E-state index is 12.0. The van der Waals surface area contributed by atoms with Crippen LogP contribution in [0.3, 0.4) is 0 Å². The molecule has 5 nitrogen and oxygen atoms in total. The molecule has 0 bridgehead atoms. The number of hydrogen-bond acceptors (Lipinski definition) is 4. The SMILES string of the molecule is Cc1ccc(NC(=O)Cc2noc(Cc3cccc(Br)c3)n2)cc1. The molecule has 1 amide bonds. The predicted octanol–water partition coefficient (Wildman–Crippen LogP) is 3.91. The van der Waals surface area contributed by atoms with E-state index >= 15 is 0 Å². The van der Waals surface area contributed by atoms with E-state index in [2.05, 4.69) is 31.4 Å². The van der Waals surface area contributed by atoms with Crippen LogP contribution in [0.25, 0.3) is 0 Å². The number of carbonyl (C=O) groups excluding carboxylic acids is 1. The Morgan fingerprint density at radius 2 is 2.00 bits per heavy atom. The standard InChI is InChI=1S/C18H16BrN3O2/c1-12-5-7-15(8-6-12)20-17(23)11-16-21-18(24-22-16)10-13-3-2-4-14(19)9-13/h2-9H,10-11H2,1H3,(H,20,23). The highest BCUT2D eigenvalue weighted by Crippen LogP contribution is 2.15. The maximum Gasteiger partial charge on any atom is 0.232 e. The first-order valence-electron chi connectivity index (χ1n) is 7.51. The summed E-state index contributed by atoms with van der Waals surface area (Å²) in [6.07, 6.45) is 0.613. The van der Waals surface area contributed by atoms with E-state index in [-0.39, 0.29) is 12.3 Å². The quantitative estimate of drug-likeness (QED) is 0.722. The lowest BCUT2D eigenvalue weighted by Gasteiger charge is -2.03. The third-order valence-corrected chi connectivity index (χ3v) is 3.90. The summed E-state index contributed by atoms with van der Waals surface area (Å²) in [6.45, 7) is 2.00. The molecule has 3 aromatic rings. The first kappa shape index (κ1) is 16.4.